The van der Waals surface area contributed by atoms with Crippen LogP contribution < -0.4 is 4.90 Å². The molecule has 0 N–H and O–H groups in total. The lowest BCUT2D eigenvalue weighted by Crippen LogP contribution is -2.36. The SMILES string of the molecule is c1ccc(-c2cc(-c3ccccc3)nc(-c3cccc4c3-c3cc(-c5ccc6c(c5)c5ccccc5n6-c5ccccc5)ccc3C43c4ccccc4N(c4ccccc4)c4ccccc43)c2)cc1. The molecule has 3 heterocycles. The van der Waals surface area contributed by atoms with E-state index in [-0.39, 0.29) is 0 Å². The molecule has 0 bridgehead atoms. The van der Waals surface area contributed by atoms with Gasteiger partial charge in [0.05, 0.1) is 39.2 Å². The molecule has 0 atom stereocenters. The number of hydrogen-bond donors (Lipinski definition) is 0. The van der Waals surface area contributed by atoms with Crippen LogP contribution in [0.5, 0.6) is 0 Å². The minimum atomic E-state index is -0.635. The van der Waals surface area contributed by atoms with Crippen LogP contribution in [0.1, 0.15) is 22.3 Å². The number of hydrogen-bond acceptors (Lipinski definition) is 2. The van der Waals surface area contributed by atoms with Gasteiger partial charge in [-0.25, -0.2) is 4.98 Å². The summed E-state index contributed by atoms with van der Waals surface area (Å²) in [6.45, 7) is 0. The van der Waals surface area contributed by atoms with E-state index in [1.807, 2.05) is 0 Å². The predicted molar refractivity (Wildman–Crippen MR) is 286 cm³/mol. The fourth-order valence-electron chi connectivity index (χ4n) is 11.7. The summed E-state index contributed by atoms with van der Waals surface area (Å²) >= 11 is 0. The lowest BCUT2D eigenvalue weighted by Gasteiger charge is -2.45. The molecule has 3 nitrogen and oxygen atoms in total. The van der Waals surface area contributed by atoms with Crippen molar-refractivity contribution < 1.29 is 0 Å². The van der Waals surface area contributed by atoms with Crippen LogP contribution in [0, 0.1) is 0 Å². The predicted octanol–water partition coefficient (Wildman–Crippen LogP) is 17.0. The van der Waals surface area contributed by atoms with E-state index in [9.17, 15) is 0 Å². The zero-order chi connectivity index (χ0) is 45.5. The quantitative estimate of drug-likeness (QED) is 0.166. The summed E-state index contributed by atoms with van der Waals surface area (Å²) in [4.78, 5) is 8.03. The first-order valence-corrected chi connectivity index (χ1v) is 23.8. The molecule has 322 valence electrons. The van der Waals surface area contributed by atoms with Crippen LogP contribution in [-0.4, -0.2) is 9.55 Å². The van der Waals surface area contributed by atoms with Gasteiger partial charge in [-0.15, -0.1) is 0 Å². The highest BCUT2D eigenvalue weighted by molar-refractivity contribution is 6.11. The summed E-state index contributed by atoms with van der Waals surface area (Å²) in [5.41, 5.74) is 22.6. The summed E-state index contributed by atoms with van der Waals surface area (Å²) in [6.07, 6.45) is 0. The number of anilines is 3. The highest BCUT2D eigenvalue weighted by Crippen LogP contribution is 2.65. The Kier molecular flexibility index (Phi) is 8.80. The second-order valence-electron chi connectivity index (χ2n) is 18.2. The van der Waals surface area contributed by atoms with Gasteiger partial charge in [-0.2, -0.15) is 0 Å². The van der Waals surface area contributed by atoms with Crippen LogP contribution in [0.3, 0.4) is 0 Å². The molecule has 0 radical (unpaired) electrons. The minimum Gasteiger partial charge on any atom is -0.310 e. The molecule has 14 rings (SSSR count). The van der Waals surface area contributed by atoms with Gasteiger partial charge in [-0.1, -0.05) is 188 Å². The van der Waals surface area contributed by atoms with Gasteiger partial charge >= 0.3 is 0 Å². The maximum Gasteiger partial charge on any atom is 0.0754 e. The molecular weight excluding hydrogens is 835 g/mol. The van der Waals surface area contributed by atoms with Crippen molar-refractivity contribution in [3.63, 3.8) is 0 Å². The third-order valence-electron chi connectivity index (χ3n) is 14.6. The second kappa shape index (κ2) is 15.5. The maximum absolute atomic E-state index is 5.58. The van der Waals surface area contributed by atoms with Gasteiger partial charge in [-0.05, 0) is 128 Å². The van der Waals surface area contributed by atoms with Crippen molar-refractivity contribution in [2.45, 2.75) is 5.41 Å². The van der Waals surface area contributed by atoms with Gasteiger partial charge in [0.15, 0.2) is 0 Å². The Bertz CT molecular complexity index is 3840. The molecule has 1 aliphatic heterocycles. The Labute approximate surface area is 401 Å². The highest BCUT2D eigenvalue weighted by atomic mass is 15.2. The average Bonchev–Trinajstić information content (AvgIpc) is 3.92. The van der Waals surface area contributed by atoms with Crippen molar-refractivity contribution in [1.82, 2.24) is 9.55 Å². The average molecular weight is 878 g/mol. The summed E-state index contributed by atoms with van der Waals surface area (Å²) < 4.78 is 2.39. The van der Waals surface area contributed by atoms with E-state index in [1.165, 1.54) is 77.7 Å². The van der Waals surface area contributed by atoms with Gasteiger partial charge in [0.25, 0.3) is 0 Å². The van der Waals surface area contributed by atoms with Crippen LogP contribution in [-0.2, 0) is 5.41 Å². The smallest absolute Gasteiger partial charge is 0.0754 e. The molecule has 0 amide bonds. The molecule has 10 aromatic carbocycles. The molecule has 2 aromatic heterocycles. The Hall–Kier alpha value is -9.05. The molecule has 1 spiro atoms. The number of fused-ring (bicyclic) bond motifs is 12. The van der Waals surface area contributed by atoms with Crippen molar-refractivity contribution in [3.05, 3.63) is 283 Å². The van der Waals surface area contributed by atoms with Gasteiger partial charge in [0.2, 0.25) is 0 Å². The number of aromatic nitrogens is 2. The first kappa shape index (κ1) is 39.1. The Morgan fingerprint density at radius 1 is 0.304 bits per heavy atom. The van der Waals surface area contributed by atoms with E-state index in [0.717, 1.165) is 45.0 Å². The lowest BCUT2D eigenvalue weighted by atomic mass is 9.64. The third kappa shape index (κ3) is 5.90. The molecule has 2 aliphatic rings. The zero-order valence-electron chi connectivity index (χ0n) is 37.7. The molecule has 0 fully saturated rings. The first-order valence-electron chi connectivity index (χ1n) is 23.8. The molecular formula is C66H43N3. The van der Waals surface area contributed by atoms with Gasteiger partial charge < -0.3 is 9.47 Å². The van der Waals surface area contributed by atoms with Crippen molar-refractivity contribution in [2.75, 3.05) is 4.90 Å². The molecule has 1 aliphatic carbocycles. The van der Waals surface area contributed by atoms with E-state index in [0.29, 0.717) is 0 Å². The molecule has 12 aromatic rings. The summed E-state index contributed by atoms with van der Waals surface area (Å²) in [7, 11) is 0. The number of para-hydroxylation sites is 5. The third-order valence-corrected chi connectivity index (χ3v) is 14.6. The largest absolute Gasteiger partial charge is 0.310 e. The van der Waals surface area contributed by atoms with Crippen LogP contribution in [0.25, 0.3) is 83.4 Å². The zero-order valence-corrected chi connectivity index (χ0v) is 37.7. The number of pyridine rings is 1. The topological polar surface area (TPSA) is 21.1 Å². The van der Waals surface area contributed by atoms with Crippen LogP contribution in [0.4, 0.5) is 17.1 Å². The Morgan fingerprint density at radius 3 is 1.58 bits per heavy atom. The minimum absolute atomic E-state index is 0.635. The van der Waals surface area contributed by atoms with Gasteiger partial charge in [0.1, 0.15) is 0 Å². The lowest BCUT2D eigenvalue weighted by molar-refractivity contribution is 0.753. The van der Waals surface area contributed by atoms with Crippen molar-refractivity contribution in [3.8, 4) is 61.6 Å². The summed E-state index contributed by atoms with van der Waals surface area (Å²) in [5, 5.41) is 2.47. The second-order valence-corrected chi connectivity index (χ2v) is 18.2. The van der Waals surface area contributed by atoms with Crippen molar-refractivity contribution in [2.24, 2.45) is 0 Å². The standard InChI is InChI=1S/C66H43N3/c1-5-20-44(21-6-1)48-42-59(45-22-7-2-8-23-45)67-60(43-48)52-29-19-32-58-65(52)54-41-46(47-37-39-62-53(40-47)51-28-13-16-33-61(51)68(62)49-24-9-3-10-25-49)36-38-55(54)66(58)56-30-14-17-34-63(56)69(50-26-11-4-12-27-50)64-35-18-15-31-57(64)66/h1-43H. The monoisotopic (exact) mass is 877 g/mol. The van der Waals surface area contributed by atoms with E-state index in [2.05, 4.69) is 270 Å². The number of rotatable bonds is 6. The fraction of sp³-hybridized carbons (Fsp3) is 0.0152. The van der Waals surface area contributed by atoms with Crippen LogP contribution in [0.15, 0.2) is 261 Å². The molecule has 0 saturated carbocycles. The van der Waals surface area contributed by atoms with E-state index < -0.39 is 5.41 Å². The molecule has 0 saturated heterocycles. The van der Waals surface area contributed by atoms with Gasteiger partial charge in [-0.3, -0.25) is 0 Å². The van der Waals surface area contributed by atoms with Gasteiger partial charge in [0, 0.05) is 33.3 Å². The van der Waals surface area contributed by atoms with Crippen molar-refractivity contribution in [1.29, 1.82) is 0 Å². The summed E-state index contributed by atoms with van der Waals surface area (Å²) in [6, 6.07) is 95.4. The Balaban J connectivity index is 1.06. The molecule has 3 heteroatoms. The highest BCUT2D eigenvalue weighted by Gasteiger charge is 2.52. The van der Waals surface area contributed by atoms with Crippen molar-refractivity contribution >= 4 is 38.9 Å². The first-order chi connectivity index (χ1) is 34.2. The Morgan fingerprint density at radius 2 is 0.855 bits per heavy atom. The van der Waals surface area contributed by atoms with Crippen LogP contribution in [0.2, 0.25) is 0 Å². The van der Waals surface area contributed by atoms with Crippen LogP contribution >= 0.6 is 0 Å². The summed E-state index contributed by atoms with van der Waals surface area (Å²) in [5.74, 6) is 0. The fourth-order valence-corrected chi connectivity index (χ4v) is 11.7. The molecule has 69 heavy (non-hydrogen) atoms. The van der Waals surface area contributed by atoms with E-state index >= 15 is 0 Å². The normalized spacial score (nSPS) is 13.0. The molecule has 0 unspecified atom stereocenters. The van der Waals surface area contributed by atoms with E-state index in [1.54, 1.807) is 0 Å². The maximum atomic E-state index is 5.58. The van der Waals surface area contributed by atoms with E-state index in [4.69, 9.17) is 4.98 Å². The number of nitrogens with zero attached hydrogens (tertiary/aromatic N) is 3. The number of benzene rings is 10.